The van der Waals surface area contributed by atoms with Crippen LogP contribution in [-0.4, -0.2) is 66.3 Å². The lowest BCUT2D eigenvalue weighted by Crippen LogP contribution is -2.49. The number of ether oxygens (including phenoxy) is 1. The predicted octanol–water partition coefficient (Wildman–Crippen LogP) is 7.72. The maximum atomic E-state index is 14.1. The Balaban J connectivity index is 1.67. The number of aliphatic hydroxyl groups excluding tert-OH is 1. The number of amides is 1. The summed E-state index contributed by atoms with van der Waals surface area (Å²) in [5, 5.41) is 10.7. The average molecular weight is 607 g/mol. The summed E-state index contributed by atoms with van der Waals surface area (Å²) < 4.78 is 5.95. The van der Waals surface area contributed by atoms with E-state index in [-0.39, 0.29) is 24.6 Å². The minimum absolute atomic E-state index is 0.0101. The smallest absolute Gasteiger partial charge is 0.312 e. The second kappa shape index (κ2) is 17.7. The fourth-order valence-electron chi connectivity index (χ4n) is 6.71. The molecule has 2 unspecified atom stereocenters. The maximum Gasteiger partial charge on any atom is 0.312 e. The molecule has 6 heteroatoms. The molecule has 6 nitrogen and oxygen atoms in total. The van der Waals surface area contributed by atoms with Gasteiger partial charge in [0.2, 0.25) is 5.91 Å². The Labute approximate surface area is 267 Å². The van der Waals surface area contributed by atoms with E-state index in [0.717, 1.165) is 30.4 Å². The number of likely N-dealkylation sites (tertiary alicyclic amines) is 1. The van der Waals surface area contributed by atoms with Crippen molar-refractivity contribution in [1.29, 1.82) is 0 Å². The molecule has 1 saturated heterocycles. The molecule has 44 heavy (non-hydrogen) atoms. The average Bonchev–Trinajstić information content (AvgIpc) is 3.02. The molecule has 0 bridgehead atoms. The second-order valence-corrected chi connectivity index (χ2v) is 13.7. The van der Waals surface area contributed by atoms with Crippen molar-refractivity contribution in [3.05, 3.63) is 71.8 Å². The van der Waals surface area contributed by atoms with Crippen LogP contribution in [0.1, 0.15) is 115 Å². The summed E-state index contributed by atoms with van der Waals surface area (Å²) >= 11 is 0. The third-order valence-corrected chi connectivity index (χ3v) is 9.54. The van der Waals surface area contributed by atoms with Crippen LogP contribution in [-0.2, 0) is 19.7 Å². The van der Waals surface area contributed by atoms with Crippen LogP contribution in [0.15, 0.2) is 60.7 Å². The van der Waals surface area contributed by atoms with E-state index in [1.807, 2.05) is 88.6 Å². The van der Waals surface area contributed by atoms with Crippen LogP contribution in [0.3, 0.4) is 0 Å². The molecule has 0 aromatic heterocycles. The van der Waals surface area contributed by atoms with Gasteiger partial charge in [0.05, 0.1) is 16.9 Å². The first-order valence-electron chi connectivity index (χ1n) is 17.0. The molecule has 244 valence electrons. The van der Waals surface area contributed by atoms with Gasteiger partial charge in [-0.15, -0.1) is 0 Å². The summed E-state index contributed by atoms with van der Waals surface area (Å²) in [5.74, 6) is -0.122. The molecule has 0 saturated carbocycles. The largest absolute Gasteiger partial charge is 0.449 e. The van der Waals surface area contributed by atoms with E-state index >= 15 is 0 Å². The SMILES string of the molecule is CCCCCCCCCCC(C)(C)C(=O)OCN1CCC(O)CC1CCC(C(=O)N(C)C)(c1ccccc1)c1ccccc1. The van der Waals surface area contributed by atoms with Gasteiger partial charge in [0, 0.05) is 26.7 Å². The molecule has 0 aliphatic carbocycles. The number of carbonyl (C=O) groups is 2. The van der Waals surface area contributed by atoms with E-state index < -0.39 is 16.9 Å². The minimum Gasteiger partial charge on any atom is -0.449 e. The summed E-state index contributed by atoms with van der Waals surface area (Å²) in [6.07, 6.45) is 12.9. The summed E-state index contributed by atoms with van der Waals surface area (Å²) in [6, 6.07) is 20.1. The standard InChI is InChI=1S/C38H58N2O4/c1-6-7-8-9-10-11-12-19-26-37(2,3)36(43)44-30-40-28-25-34(41)29-33(40)24-27-38(35(42)39(4)5,31-20-15-13-16-21-31)32-22-17-14-18-23-32/h13-18,20-23,33-34,41H,6-12,19,24-30H2,1-5H3. The van der Waals surface area contributed by atoms with Gasteiger partial charge in [-0.25, -0.2) is 0 Å². The summed E-state index contributed by atoms with van der Waals surface area (Å²) in [4.78, 5) is 31.2. The number of benzene rings is 2. The molecule has 1 aliphatic rings. The number of hydrogen-bond acceptors (Lipinski definition) is 5. The first kappa shape index (κ1) is 35.8. The third-order valence-electron chi connectivity index (χ3n) is 9.54. The normalized spacial score (nSPS) is 17.8. The number of esters is 1. The number of likely N-dealkylation sites (N-methyl/N-ethyl adjacent to an activating group) is 1. The van der Waals surface area contributed by atoms with Gasteiger partial charge < -0.3 is 14.7 Å². The van der Waals surface area contributed by atoms with Gasteiger partial charge in [-0.1, -0.05) is 119 Å². The Hall–Kier alpha value is -2.70. The molecule has 1 aliphatic heterocycles. The fraction of sp³-hybridized carbons (Fsp3) is 0.632. The van der Waals surface area contributed by atoms with Gasteiger partial charge in [0.25, 0.3) is 0 Å². The van der Waals surface area contributed by atoms with E-state index in [0.29, 0.717) is 32.2 Å². The lowest BCUT2D eigenvalue weighted by Gasteiger charge is -2.41. The van der Waals surface area contributed by atoms with Gasteiger partial charge in [0.1, 0.15) is 6.73 Å². The molecule has 1 amide bonds. The van der Waals surface area contributed by atoms with Crippen molar-refractivity contribution >= 4 is 11.9 Å². The highest BCUT2D eigenvalue weighted by Gasteiger charge is 2.44. The maximum absolute atomic E-state index is 14.1. The Morgan fingerprint density at radius 3 is 1.95 bits per heavy atom. The van der Waals surface area contributed by atoms with Crippen molar-refractivity contribution in [2.24, 2.45) is 5.41 Å². The molecule has 1 heterocycles. The van der Waals surface area contributed by atoms with Crippen molar-refractivity contribution < 1.29 is 19.4 Å². The quantitative estimate of drug-likeness (QED) is 0.139. The predicted molar refractivity (Wildman–Crippen MR) is 179 cm³/mol. The topological polar surface area (TPSA) is 70.1 Å². The van der Waals surface area contributed by atoms with Crippen LogP contribution < -0.4 is 0 Å². The molecule has 0 spiro atoms. The number of rotatable bonds is 18. The third kappa shape index (κ3) is 9.90. The van der Waals surface area contributed by atoms with Crippen LogP contribution in [0.25, 0.3) is 0 Å². The molecule has 2 aromatic rings. The Kier molecular flexibility index (Phi) is 14.4. The van der Waals surface area contributed by atoms with Crippen LogP contribution in [0.4, 0.5) is 0 Å². The fourth-order valence-corrected chi connectivity index (χ4v) is 6.71. The summed E-state index contributed by atoms with van der Waals surface area (Å²) in [5.41, 5.74) is 0.527. The zero-order chi connectivity index (χ0) is 32.0. The van der Waals surface area contributed by atoms with Crippen LogP contribution in [0.2, 0.25) is 0 Å². The lowest BCUT2D eigenvalue weighted by molar-refractivity contribution is -0.162. The van der Waals surface area contributed by atoms with E-state index in [2.05, 4.69) is 11.8 Å². The molecule has 2 aromatic carbocycles. The lowest BCUT2D eigenvalue weighted by atomic mass is 9.69. The molecule has 1 fully saturated rings. The van der Waals surface area contributed by atoms with Crippen molar-refractivity contribution in [3.63, 3.8) is 0 Å². The number of piperidine rings is 1. The highest BCUT2D eigenvalue weighted by Crippen LogP contribution is 2.40. The van der Waals surface area contributed by atoms with Crippen molar-refractivity contribution in [2.45, 2.75) is 122 Å². The molecule has 3 rings (SSSR count). The van der Waals surface area contributed by atoms with Crippen LogP contribution in [0, 0.1) is 5.41 Å². The van der Waals surface area contributed by atoms with E-state index in [1.54, 1.807) is 4.90 Å². The molecular weight excluding hydrogens is 548 g/mol. The van der Waals surface area contributed by atoms with E-state index in [4.69, 9.17) is 4.74 Å². The van der Waals surface area contributed by atoms with Gasteiger partial charge in [-0.2, -0.15) is 0 Å². The van der Waals surface area contributed by atoms with Crippen LogP contribution >= 0.6 is 0 Å². The number of unbranched alkanes of at least 4 members (excludes halogenated alkanes) is 7. The first-order valence-corrected chi connectivity index (χ1v) is 17.0. The van der Waals surface area contributed by atoms with Gasteiger partial charge in [-0.3, -0.25) is 14.5 Å². The van der Waals surface area contributed by atoms with E-state index in [9.17, 15) is 14.7 Å². The Bertz CT molecular complexity index is 1080. The van der Waals surface area contributed by atoms with Gasteiger partial charge >= 0.3 is 5.97 Å². The highest BCUT2D eigenvalue weighted by atomic mass is 16.5. The van der Waals surface area contributed by atoms with Gasteiger partial charge in [0.15, 0.2) is 0 Å². The van der Waals surface area contributed by atoms with E-state index in [1.165, 1.54) is 38.5 Å². The number of aliphatic hydroxyl groups is 1. The Morgan fingerprint density at radius 1 is 0.864 bits per heavy atom. The number of nitrogens with zero attached hydrogens (tertiary/aromatic N) is 2. The van der Waals surface area contributed by atoms with Crippen LogP contribution in [0.5, 0.6) is 0 Å². The van der Waals surface area contributed by atoms with Crippen molar-refractivity contribution in [3.8, 4) is 0 Å². The van der Waals surface area contributed by atoms with Crippen molar-refractivity contribution in [2.75, 3.05) is 27.4 Å². The summed E-state index contributed by atoms with van der Waals surface area (Å²) in [7, 11) is 3.63. The molecule has 1 N–H and O–H groups in total. The minimum atomic E-state index is -0.866. The molecule has 2 atom stereocenters. The highest BCUT2D eigenvalue weighted by molar-refractivity contribution is 5.91. The monoisotopic (exact) mass is 606 g/mol. The van der Waals surface area contributed by atoms with Crippen molar-refractivity contribution in [1.82, 2.24) is 9.80 Å². The Morgan fingerprint density at radius 2 is 1.41 bits per heavy atom. The van der Waals surface area contributed by atoms with Gasteiger partial charge in [-0.05, 0) is 57.1 Å². The second-order valence-electron chi connectivity index (χ2n) is 13.7. The molecular formula is C38H58N2O4. The summed E-state index contributed by atoms with van der Waals surface area (Å²) in [6.45, 7) is 7.10. The number of hydrogen-bond donors (Lipinski definition) is 1. The zero-order valence-electron chi connectivity index (χ0n) is 28.1. The zero-order valence-corrected chi connectivity index (χ0v) is 28.1. The first-order chi connectivity index (χ1) is 21.1. The molecule has 0 radical (unpaired) electrons. The number of carbonyl (C=O) groups excluding carboxylic acids is 2.